The second kappa shape index (κ2) is 10.1. The molecule has 0 radical (unpaired) electrons. The maximum atomic E-state index is 13.1. The Labute approximate surface area is 174 Å². The smallest absolute Gasteiger partial charge is 0.255 e. The lowest BCUT2D eigenvalue weighted by atomic mass is 10.1. The second-order valence-corrected chi connectivity index (χ2v) is 6.66. The summed E-state index contributed by atoms with van der Waals surface area (Å²) in [5.41, 5.74) is 1.11. The van der Waals surface area contributed by atoms with E-state index in [4.69, 9.17) is 14.2 Å². The van der Waals surface area contributed by atoms with E-state index in [9.17, 15) is 14.0 Å². The average molecular weight is 416 g/mol. The van der Waals surface area contributed by atoms with Crippen LogP contribution in [0.3, 0.4) is 0 Å². The van der Waals surface area contributed by atoms with Gasteiger partial charge in [-0.15, -0.1) is 0 Å². The monoisotopic (exact) mass is 416 g/mol. The summed E-state index contributed by atoms with van der Waals surface area (Å²) in [6.45, 7) is 4.91. The summed E-state index contributed by atoms with van der Waals surface area (Å²) < 4.78 is 29.9. The van der Waals surface area contributed by atoms with E-state index in [1.807, 2.05) is 13.8 Å². The van der Waals surface area contributed by atoms with Gasteiger partial charge in [-0.05, 0) is 51.0 Å². The number of anilines is 2. The van der Waals surface area contributed by atoms with Gasteiger partial charge < -0.3 is 24.8 Å². The lowest BCUT2D eigenvalue weighted by molar-refractivity contribution is -0.124. The minimum absolute atomic E-state index is 0.251. The fourth-order valence-electron chi connectivity index (χ4n) is 3.10. The number of hydrogen-bond acceptors (Lipinski definition) is 5. The van der Waals surface area contributed by atoms with Crippen LogP contribution in [0.5, 0.6) is 11.5 Å². The van der Waals surface area contributed by atoms with Gasteiger partial charge in [0.25, 0.3) is 11.8 Å². The molecule has 1 unspecified atom stereocenters. The maximum absolute atomic E-state index is 13.1. The Hall–Kier alpha value is -3.13. The Morgan fingerprint density at radius 3 is 2.17 bits per heavy atom. The first-order chi connectivity index (χ1) is 14.5. The molecule has 1 saturated heterocycles. The Balaban J connectivity index is 1.87. The number of halogens is 1. The minimum atomic E-state index is -0.493. The van der Waals surface area contributed by atoms with E-state index in [0.717, 1.165) is 6.42 Å². The number of benzene rings is 2. The lowest BCUT2D eigenvalue weighted by Crippen LogP contribution is -2.27. The zero-order valence-corrected chi connectivity index (χ0v) is 17.0. The van der Waals surface area contributed by atoms with Crippen molar-refractivity contribution in [1.29, 1.82) is 0 Å². The normalized spacial score (nSPS) is 15.5. The lowest BCUT2D eigenvalue weighted by Gasteiger charge is -2.19. The number of carbonyl (C=O) groups excluding carboxylic acids is 2. The SMILES string of the molecule is CCOc1cc(NC(=O)C2CCCO2)c(OCC)cc1NC(=O)c1ccc(F)cc1. The Morgan fingerprint density at radius 1 is 1.03 bits per heavy atom. The highest BCUT2D eigenvalue weighted by Gasteiger charge is 2.25. The average Bonchev–Trinajstić information content (AvgIpc) is 3.27. The van der Waals surface area contributed by atoms with E-state index in [0.29, 0.717) is 54.7 Å². The van der Waals surface area contributed by atoms with Crippen LogP contribution in [0, 0.1) is 5.82 Å². The van der Waals surface area contributed by atoms with Gasteiger partial charge in [0.05, 0.1) is 24.6 Å². The van der Waals surface area contributed by atoms with Crippen LogP contribution in [-0.4, -0.2) is 37.7 Å². The molecule has 2 amide bonds. The highest BCUT2D eigenvalue weighted by Crippen LogP contribution is 2.37. The molecule has 160 valence electrons. The van der Waals surface area contributed by atoms with Gasteiger partial charge in [-0.2, -0.15) is 0 Å². The van der Waals surface area contributed by atoms with E-state index < -0.39 is 17.8 Å². The molecule has 0 spiro atoms. The molecule has 0 bridgehead atoms. The van der Waals surface area contributed by atoms with Crippen LogP contribution in [0.1, 0.15) is 37.0 Å². The molecule has 30 heavy (non-hydrogen) atoms. The largest absolute Gasteiger partial charge is 0.492 e. The van der Waals surface area contributed by atoms with Crippen molar-refractivity contribution in [3.63, 3.8) is 0 Å². The first-order valence-corrected chi connectivity index (χ1v) is 9.94. The molecule has 0 saturated carbocycles. The van der Waals surface area contributed by atoms with Gasteiger partial charge in [-0.3, -0.25) is 9.59 Å². The van der Waals surface area contributed by atoms with Gasteiger partial charge >= 0.3 is 0 Å². The summed E-state index contributed by atoms with van der Waals surface area (Å²) in [5, 5.41) is 5.59. The summed E-state index contributed by atoms with van der Waals surface area (Å²) in [7, 11) is 0. The number of hydrogen-bond donors (Lipinski definition) is 2. The first-order valence-electron chi connectivity index (χ1n) is 9.94. The fourth-order valence-corrected chi connectivity index (χ4v) is 3.10. The van der Waals surface area contributed by atoms with Crippen molar-refractivity contribution in [2.45, 2.75) is 32.8 Å². The number of carbonyl (C=O) groups is 2. The zero-order chi connectivity index (χ0) is 21.5. The standard InChI is InChI=1S/C22H25FN2O5/c1-3-28-19-13-17(25-22(27)18-6-5-11-30-18)20(29-4-2)12-16(19)24-21(26)14-7-9-15(23)10-8-14/h7-10,12-13,18H,3-6,11H2,1-2H3,(H,24,26)(H,25,27). The Morgan fingerprint density at radius 2 is 1.63 bits per heavy atom. The van der Waals surface area contributed by atoms with Crippen LogP contribution >= 0.6 is 0 Å². The van der Waals surface area contributed by atoms with Crippen molar-refractivity contribution in [1.82, 2.24) is 0 Å². The van der Waals surface area contributed by atoms with E-state index >= 15 is 0 Å². The van der Waals surface area contributed by atoms with Crippen LogP contribution in [0.15, 0.2) is 36.4 Å². The van der Waals surface area contributed by atoms with Gasteiger partial charge in [0.1, 0.15) is 23.4 Å². The molecule has 2 aromatic carbocycles. The number of amides is 2. The van der Waals surface area contributed by atoms with Gasteiger partial charge in [0.15, 0.2) is 0 Å². The van der Waals surface area contributed by atoms with Crippen LogP contribution in [0.2, 0.25) is 0 Å². The Bertz CT molecular complexity index is 895. The van der Waals surface area contributed by atoms with Crippen molar-refractivity contribution in [2.24, 2.45) is 0 Å². The van der Waals surface area contributed by atoms with Crippen molar-refractivity contribution in [3.8, 4) is 11.5 Å². The fraction of sp³-hybridized carbons (Fsp3) is 0.364. The van der Waals surface area contributed by atoms with E-state index in [2.05, 4.69) is 10.6 Å². The van der Waals surface area contributed by atoms with Crippen molar-refractivity contribution >= 4 is 23.2 Å². The molecule has 1 atom stereocenters. The Kier molecular flexibility index (Phi) is 7.24. The summed E-state index contributed by atoms with van der Waals surface area (Å²) in [6.07, 6.45) is 1.02. The molecule has 7 nitrogen and oxygen atoms in total. The molecule has 0 aliphatic carbocycles. The minimum Gasteiger partial charge on any atom is -0.492 e. The van der Waals surface area contributed by atoms with E-state index in [1.54, 1.807) is 12.1 Å². The number of rotatable bonds is 8. The number of ether oxygens (including phenoxy) is 3. The van der Waals surface area contributed by atoms with Crippen LogP contribution in [0.4, 0.5) is 15.8 Å². The maximum Gasteiger partial charge on any atom is 0.255 e. The van der Waals surface area contributed by atoms with Crippen LogP contribution < -0.4 is 20.1 Å². The molecule has 2 N–H and O–H groups in total. The van der Waals surface area contributed by atoms with Crippen molar-refractivity contribution in [3.05, 3.63) is 47.8 Å². The van der Waals surface area contributed by atoms with Gasteiger partial charge in [-0.25, -0.2) is 4.39 Å². The summed E-state index contributed by atoms with van der Waals surface area (Å²) in [4.78, 5) is 25.1. The topological polar surface area (TPSA) is 85.9 Å². The predicted octanol–water partition coefficient (Wildman–Crippen LogP) is 3.99. The predicted molar refractivity (Wildman–Crippen MR) is 111 cm³/mol. The van der Waals surface area contributed by atoms with Gasteiger partial charge in [0.2, 0.25) is 0 Å². The summed E-state index contributed by atoms with van der Waals surface area (Å²) in [6, 6.07) is 8.43. The highest BCUT2D eigenvalue weighted by atomic mass is 19.1. The second-order valence-electron chi connectivity index (χ2n) is 6.66. The third kappa shape index (κ3) is 5.27. The molecule has 1 aliphatic heterocycles. The first kappa shape index (κ1) is 21.6. The van der Waals surface area contributed by atoms with Gasteiger partial charge in [0, 0.05) is 24.3 Å². The molecular formula is C22H25FN2O5. The third-order valence-corrected chi connectivity index (χ3v) is 4.52. The van der Waals surface area contributed by atoms with Crippen LogP contribution in [-0.2, 0) is 9.53 Å². The highest BCUT2D eigenvalue weighted by molar-refractivity contribution is 6.05. The molecule has 3 rings (SSSR count). The molecule has 2 aromatic rings. The van der Waals surface area contributed by atoms with E-state index in [1.165, 1.54) is 24.3 Å². The molecule has 1 fully saturated rings. The van der Waals surface area contributed by atoms with Gasteiger partial charge in [-0.1, -0.05) is 0 Å². The molecule has 0 aromatic heterocycles. The third-order valence-electron chi connectivity index (χ3n) is 4.52. The quantitative estimate of drug-likeness (QED) is 0.680. The van der Waals surface area contributed by atoms with E-state index in [-0.39, 0.29) is 5.91 Å². The molecule has 1 aliphatic rings. The van der Waals surface area contributed by atoms with Crippen LogP contribution in [0.25, 0.3) is 0 Å². The number of nitrogens with one attached hydrogen (secondary N) is 2. The molecular weight excluding hydrogens is 391 g/mol. The van der Waals surface area contributed by atoms with Crippen molar-refractivity contribution < 1.29 is 28.2 Å². The summed E-state index contributed by atoms with van der Waals surface area (Å²) >= 11 is 0. The molecule has 1 heterocycles. The van der Waals surface area contributed by atoms with Crippen molar-refractivity contribution in [2.75, 3.05) is 30.5 Å². The summed E-state index contributed by atoms with van der Waals surface area (Å²) in [5.74, 6) is -0.333. The zero-order valence-electron chi connectivity index (χ0n) is 17.0. The molecule has 8 heteroatoms.